The van der Waals surface area contributed by atoms with Crippen molar-refractivity contribution < 1.29 is 24.2 Å². The molecule has 2 N–H and O–H groups in total. The van der Waals surface area contributed by atoms with Crippen LogP contribution in [-0.4, -0.2) is 30.7 Å². The zero-order valence-electron chi connectivity index (χ0n) is 15.1. The van der Waals surface area contributed by atoms with Crippen molar-refractivity contribution in [2.45, 2.75) is 26.3 Å². The maximum Gasteiger partial charge on any atom is 0.342 e. The minimum Gasteiger partial charge on any atom is -0.507 e. The van der Waals surface area contributed by atoms with Gasteiger partial charge in [-0.3, -0.25) is 4.79 Å². The van der Waals surface area contributed by atoms with E-state index in [1.807, 2.05) is 38.1 Å². The van der Waals surface area contributed by atoms with Gasteiger partial charge in [-0.1, -0.05) is 36.8 Å². The average Bonchev–Trinajstić information content (AvgIpc) is 2.64. The van der Waals surface area contributed by atoms with Gasteiger partial charge in [-0.25, -0.2) is 4.79 Å². The van der Waals surface area contributed by atoms with Crippen LogP contribution in [0.1, 0.15) is 40.9 Å². The van der Waals surface area contributed by atoms with Crippen LogP contribution in [0, 0.1) is 6.92 Å². The summed E-state index contributed by atoms with van der Waals surface area (Å²) in [7, 11) is 1.45. The molecule has 0 radical (unpaired) electrons. The molecule has 0 saturated heterocycles. The van der Waals surface area contributed by atoms with Gasteiger partial charge in [0.05, 0.1) is 13.2 Å². The Bertz CT molecular complexity index is 770. The molecule has 6 nitrogen and oxygen atoms in total. The van der Waals surface area contributed by atoms with Gasteiger partial charge in [0.25, 0.3) is 5.91 Å². The van der Waals surface area contributed by atoms with E-state index in [9.17, 15) is 14.7 Å². The van der Waals surface area contributed by atoms with E-state index in [-0.39, 0.29) is 17.4 Å². The lowest BCUT2D eigenvalue weighted by Crippen LogP contribution is -2.32. The van der Waals surface area contributed by atoms with Crippen molar-refractivity contribution in [1.29, 1.82) is 0 Å². The first-order valence-electron chi connectivity index (χ1n) is 8.34. The number of nitrogens with one attached hydrogen (secondary N) is 1. The van der Waals surface area contributed by atoms with Gasteiger partial charge in [0, 0.05) is 6.07 Å². The third-order valence-corrected chi connectivity index (χ3v) is 3.98. The number of phenolic OH excluding ortho intramolecular Hbond substituents is 1. The minimum absolute atomic E-state index is 0.0239. The van der Waals surface area contributed by atoms with Gasteiger partial charge in [0.1, 0.15) is 17.1 Å². The highest BCUT2D eigenvalue weighted by Crippen LogP contribution is 2.24. The number of carbonyl (C=O) groups is 2. The molecular formula is C20H23NO5. The number of hydrogen-bond acceptors (Lipinski definition) is 5. The largest absolute Gasteiger partial charge is 0.507 e. The highest BCUT2D eigenvalue weighted by molar-refractivity contribution is 5.94. The normalized spacial score (nSPS) is 11.5. The van der Waals surface area contributed by atoms with Crippen LogP contribution in [0.5, 0.6) is 11.5 Å². The second-order valence-corrected chi connectivity index (χ2v) is 5.90. The summed E-state index contributed by atoms with van der Waals surface area (Å²) < 4.78 is 9.95. The Balaban J connectivity index is 1.93. The summed E-state index contributed by atoms with van der Waals surface area (Å²) in [4.78, 5) is 24.1. The van der Waals surface area contributed by atoms with Crippen LogP contribution in [0.25, 0.3) is 0 Å². The number of ether oxygens (including phenoxy) is 2. The minimum atomic E-state index is -0.774. The second-order valence-electron chi connectivity index (χ2n) is 5.90. The number of aromatic hydroxyl groups is 1. The Morgan fingerprint density at radius 1 is 1.15 bits per heavy atom. The molecule has 1 atom stereocenters. The van der Waals surface area contributed by atoms with Gasteiger partial charge in [-0.15, -0.1) is 0 Å². The molecule has 0 bridgehead atoms. The van der Waals surface area contributed by atoms with Gasteiger partial charge in [-0.05, 0) is 31.0 Å². The molecule has 26 heavy (non-hydrogen) atoms. The number of benzene rings is 2. The maximum atomic E-state index is 12.1. The Labute approximate surface area is 152 Å². The van der Waals surface area contributed by atoms with Gasteiger partial charge < -0.3 is 19.9 Å². The topological polar surface area (TPSA) is 84.9 Å². The lowest BCUT2D eigenvalue weighted by Gasteiger charge is -2.17. The van der Waals surface area contributed by atoms with Crippen molar-refractivity contribution in [3.8, 4) is 11.5 Å². The number of carbonyl (C=O) groups excluding carboxylic acids is 2. The first-order valence-corrected chi connectivity index (χ1v) is 8.34. The Morgan fingerprint density at radius 3 is 2.42 bits per heavy atom. The summed E-state index contributed by atoms with van der Waals surface area (Å²) in [5, 5.41) is 12.7. The number of rotatable bonds is 7. The third-order valence-electron chi connectivity index (χ3n) is 3.98. The van der Waals surface area contributed by atoms with E-state index in [0.29, 0.717) is 12.2 Å². The molecule has 0 saturated carbocycles. The van der Waals surface area contributed by atoms with Gasteiger partial charge in [0.15, 0.2) is 6.61 Å². The van der Waals surface area contributed by atoms with Gasteiger partial charge >= 0.3 is 5.97 Å². The molecule has 0 aliphatic rings. The Hall–Kier alpha value is -3.02. The fourth-order valence-electron chi connectivity index (χ4n) is 2.48. The monoisotopic (exact) mass is 357 g/mol. The van der Waals surface area contributed by atoms with Crippen LogP contribution in [0.4, 0.5) is 0 Å². The van der Waals surface area contributed by atoms with Crippen molar-refractivity contribution in [2.75, 3.05) is 13.7 Å². The highest BCUT2D eigenvalue weighted by Gasteiger charge is 2.17. The molecule has 0 aliphatic carbocycles. The molecule has 6 heteroatoms. The van der Waals surface area contributed by atoms with E-state index in [0.717, 1.165) is 11.1 Å². The van der Waals surface area contributed by atoms with E-state index < -0.39 is 18.5 Å². The summed E-state index contributed by atoms with van der Waals surface area (Å²) in [6, 6.07) is 12.0. The zero-order valence-corrected chi connectivity index (χ0v) is 15.1. The number of phenols is 1. The Morgan fingerprint density at radius 2 is 1.85 bits per heavy atom. The number of amides is 1. The van der Waals surface area contributed by atoms with Gasteiger partial charge in [-0.2, -0.15) is 0 Å². The zero-order chi connectivity index (χ0) is 19.1. The molecule has 0 aromatic heterocycles. The van der Waals surface area contributed by atoms with Crippen molar-refractivity contribution in [2.24, 2.45) is 0 Å². The van der Waals surface area contributed by atoms with Crippen molar-refractivity contribution in [1.82, 2.24) is 5.32 Å². The lowest BCUT2D eigenvalue weighted by molar-refractivity contribution is -0.125. The van der Waals surface area contributed by atoms with Crippen molar-refractivity contribution in [3.63, 3.8) is 0 Å². The van der Waals surface area contributed by atoms with Crippen LogP contribution in [0.3, 0.4) is 0 Å². The van der Waals surface area contributed by atoms with E-state index in [1.54, 1.807) is 0 Å². The van der Waals surface area contributed by atoms with Crippen molar-refractivity contribution in [3.05, 3.63) is 59.2 Å². The average molecular weight is 357 g/mol. The van der Waals surface area contributed by atoms with E-state index >= 15 is 0 Å². The Kier molecular flexibility index (Phi) is 6.60. The molecule has 2 aromatic rings. The standard InChI is InChI=1S/C20H23NO5/c1-4-17(14-7-5-13(2)6-8-14)21-19(23)12-26-20(24)16-10-9-15(25-3)11-18(16)22/h5-11,17,22H,4,12H2,1-3H3,(H,21,23)/t17-/m1/s1. The van der Waals surface area contributed by atoms with Crippen LogP contribution in [0.2, 0.25) is 0 Å². The SMILES string of the molecule is CC[C@@H](NC(=O)COC(=O)c1ccc(OC)cc1O)c1ccc(C)cc1. The molecule has 0 heterocycles. The van der Waals surface area contributed by atoms with Crippen LogP contribution in [0.15, 0.2) is 42.5 Å². The molecule has 138 valence electrons. The molecule has 0 fully saturated rings. The first-order chi connectivity index (χ1) is 12.4. The van der Waals surface area contributed by atoms with E-state index in [2.05, 4.69) is 5.32 Å². The predicted molar refractivity (Wildman–Crippen MR) is 97.3 cm³/mol. The van der Waals surface area contributed by atoms with E-state index in [1.165, 1.54) is 25.3 Å². The fraction of sp³-hybridized carbons (Fsp3) is 0.300. The number of aryl methyl sites for hydroxylation is 1. The first kappa shape index (κ1) is 19.3. The summed E-state index contributed by atoms with van der Waals surface area (Å²) in [5.74, 6) is -1.02. The summed E-state index contributed by atoms with van der Waals surface area (Å²) in [6.07, 6.45) is 0.710. The fourth-order valence-corrected chi connectivity index (χ4v) is 2.48. The molecule has 2 aromatic carbocycles. The molecule has 1 amide bonds. The van der Waals surface area contributed by atoms with E-state index in [4.69, 9.17) is 9.47 Å². The second kappa shape index (κ2) is 8.89. The molecule has 0 spiro atoms. The number of esters is 1. The lowest BCUT2D eigenvalue weighted by atomic mass is 10.0. The smallest absolute Gasteiger partial charge is 0.342 e. The van der Waals surface area contributed by atoms with Crippen LogP contribution < -0.4 is 10.1 Å². The quantitative estimate of drug-likeness (QED) is 0.744. The molecular weight excluding hydrogens is 334 g/mol. The van der Waals surface area contributed by atoms with Crippen LogP contribution in [-0.2, 0) is 9.53 Å². The highest BCUT2D eigenvalue weighted by atomic mass is 16.5. The predicted octanol–water partition coefficient (Wildman–Crippen LogP) is 3.13. The maximum absolute atomic E-state index is 12.1. The summed E-state index contributed by atoms with van der Waals surface area (Å²) in [5.41, 5.74) is 2.11. The molecule has 2 rings (SSSR count). The third kappa shape index (κ3) is 4.99. The number of methoxy groups -OCH3 is 1. The van der Waals surface area contributed by atoms with Crippen molar-refractivity contribution >= 4 is 11.9 Å². The summed E-state index contributed by atoms with van der Waals surface area (Å²) in [6.45, 7) is 3.54. The van der Waals surface area contributed by atoms with Crippen LogP contribution >= 0.6 is 0 Å². The van der Waals surface area contributed by atoms with Gasteiger partial charge in [0.2, 0.25) is 0 Å². The number of hydrogen-bond donors (Lipinski definition) is 2. The molecule has 0 aliphatic heterocycles. The summed E-state index contributed by atoms with van der Waals surface area (Å²) >= 11 is 0. The molecule has 0 unspecified atom stereocenters.